The van der Waals surface area contributed by atoms with E-state index in [4.69, 9.17) is 16.7 Å². The number of hydrogen-bond acceptors (Lipinski definition) is 3. The Hall–Kier alpha value is -2.14. The van der Waals surface area contributed by atoms with Crippen LogP contribution in [0.5, 0.6) is 0 Å². The van der Waals surface area contributed by atoms with Gasteiger partial charge in [-0.15, -0.1) is 0 Å². The molecule has 1 heterocycles. The van der Waals surface area contributed by atoms with E-state index in [0.717, 1.165) is 4.57 Å². The number of rotatable bonds is 4. The van der Waals surface area contributed by atoms with Crippen molar-refractivity contribution in [3.8, 4) is 11.4 Å². The van der Waals surface area contributed by atoms with Crippen LogP contribution in [0.3, 0.4) is 0 Å². The molecule has 0 saturated heterocycles. The molecule has 104 valence electrons. The van der Waals surface area contributed by atoms with E-state index in [1.54, 1.807) is 24.3 Å². The smallest absolute Gasteiger partial charge is 0.323 e. The number of hydrogen-bond donors (Lipinski definition) is 1. The fourth-order valence-corrected chi connectivity index (χ4v) is 2.06. The van der Waals surface area contributed by atoms with Crippen LogP contribution in [-0.4, -0.2) is 20.6 Å². The van der Waals surface area contributed by atoms with E-state index in [1.165, 1.54) is 6.07 Å². The number of halogens is 1. The van der Waals surface area contributed by atoms with Crippen molar-refractivity contribution in [3.05, 3.63) is 51.4 Å². The van der Waals surface area contributed by atoms with E-state index >= 15 is 0 Å². The second-order valence-corrected chi connectivity index (χ2v) is 4.69. The fraction of sp³-hybridized carbons (Fsp3) is 0.214. The van der Waals surface area contributed by atoms with Gasteiger partial charge in [0, 0.05) is 22.3 Å². The highest BCUT2D eigenvalue weighted by atomic mass is 35.5. The summed E-state index contributed by atoms with van der Waals surface area (Å²) >= 11 is 5.93. The number of nitrogens with zero attached hydrogens (tertiary/aromatic N) is 2. The first kappa shape index (κ1) is 14.3. The molecule has 0 unspecified atom stereocenters. The van der Waals surface area contributed by atoms with Gasteiger partial charge in [0.2, 0.25) is 0 Å². The second kappa shape index (κ2) is 5.88. The highest BCUT2D eigenvalue weighted by Gasteiger charge is 2.13. The van der Waals surface area contributed by atoms with Crippen molar-refractivity contribution in [3.63, 3.8) is 0 Å². The molecule has 0 aliphatic carbocycles. The summed E-state index contributed by atoms with van der Waals surface area (Å²) in [6, 6.07) is 8.19. The van der Waals surface area contributed by atoms with E-state index in [2.05, 4.69) is 4.98 Å². The van der Waals surface area contributed by atoms with Gasteiger partial charge in [-0.2, -0.15) is 0 Å². The molecule has 1 N–H and O–H groups in total. The first-order valence-corrected chi connectivity index (χ1v) is 6.47. The Kier molecular flexibility index (Phi) is 4.20. The maximum atomic E-state index is 12.0. The third-order valence-electron chi connectivity index (χ3n) is 2.80. The lowest BCUT2D eigenvalue weighted by atomic mass is 10.2. The van der Waals surface area contributed by atoms with Gasteiger partial charge < -0.3 is 5.11 Å². The molecule has 0 radical (unpaired) electrons. The molecule has 5 nitrogen and oxygen atoms in total. The molecule has 1 aromatic carbocycles. The van der Waals surface area contributed by atoms with Crippen molar-refractivity contribution in [2.24, 2.45) is 0 Å². The minimum absolute atomic E-state index is 0.319. The molecule has 1 aromatic heterocycles. The van der Waals surface area contributed by atoms with Gasteiger partial charge in [-0.1, -0.05) is 30.7 Å². The standard InChI is InChI=1S/C14H13ClN2O3/c1-2-11-7-12(18)17(8-13(19)20)14(16-11)9-4-3-5-10(15)6-9/h3-7H,2,8H2,1H3,(H,19,20). The number of carbonyl (C=O) groups is 1. The molecule has 0 fully saturated rings. The Labute approximate surface area is 120 Å². The molecule has 0 atom stereocenters. The topological polar surface area (TPSA) is 72.2 Å². The predicted molar refractivity (Wildman–Crippen MR) is 76.0 cm³/mol. The Morgan fingerprint density at radius 3 is 2.75 bits per heavy atom. The maximum Gasteiger partial charge on any atom is 0.323 e. The predicted octanol–water partition coefficient (Wildman–Crippen LogP) is 2.21. The summed E-state index contributed by atoms with van der Waals surface area (Å²) in [6.45, 7) is 1.45. The van der Waals surface area contributed by atoms with Crippen molar-refractivity contribution in [2.75, 3.05) is 0 Å². The average molecular weight is 293 g/mol. The number of carboxylic acid groups (broad SMARTS) is 1. The van der Waals surface area contributed by atoms with Crippen LogP contribution < -0.4 is 5.56 Å². The lowest BCUT2D eigenvalue weighted by Gasteiger charge is -2.11. The van der Waals surface area contributed by atoms with Crippen molar-refractivity contribution < 1.29 is 9.90 Å². The molecule has 2 aromatic rings. The summed E-state index contributed by atoms with van der Waals surface area (Å²) in [5.41, 5.74) is 0.854. The normalized spacial score (nSPS) is 10.5. The first-order valence-electron chi connectivity index (χ1n) is 6.09. The zero-order valence-electron chi connectivity index (χ0n) is 10.8. The number of carboxylic acids is 1. The van der Waals surface area contributed by atoms with Gasteiger partial charge in [0.05, 0.1) is 0 Å². The summed E-state index contributed by atoms with van der Waals surface area (Å²) in [6.07, 6.45) is 0.594. The molecule has 0 bridgehead atoms. The minimum Gasteiger partial charge on any atom is -0.480 e. The molecule has 0 aliphatic rings. The van der Waals surface area contributed by atoms with Crippen LogP contribution in [0, 0.1) is 0 Å². The lowest BCUT2D eigenvalue weighted by Crippen LogP contribution is -2.27. The monoisotopic (exact) mass is 292 g/mol. The molecule has 0 spiro atoms. The van der Waals surface area contributed by atoms with Crippen LogP contribution in [0.2, 0.25) is 5.02 Å². The van der Waals surface area contributed by atoms with Gasteiger partial charge in [-0.05, 0) is 18.6 Å². The van der Waals surface area contributed by atoms with Gasteiger partial charge in [-0.25, -0.2) is 4.98 Å². The third-order valence-corrected chi connectivity index (χ3v) is 3.03. The molecule has 0 saturated carbocycles. The minimum atomic E-state index is -1.10. The summed E-state index contributed by atoms with van der Waals surface area (Å²) in [7, 11) is 0. The SMILES string of the molecule is CCc1cc(=O)n(CC(=O)O)c(-c2cccc(Cl)c2)n1. The number of aliphatic carboxylic acids is 1. The average Bonchev–Trinajstić information content (AvgIpc) is 2.40. The number of aromatic nitrogens is 2. The Bertz CT molecular complexity index is 710. The molecule has 20 heavy (non-hydrogen) atoms. The van der Waals surface area contributed by atoms with Crippen molar-refractivity contribution in [1.82, 2.24) is 9.55 Å². The van der Waals surface area contributed by atoms with Crippen LogP contribution >= 0.6 is 11.6 Å². The third kappa shape index (κ3) is 3.05. The fourth-order valence-electron chi connectivity index (χ4n) is 1.87. The van der Waals surface area contributed by atoms with E-state index in [-0.39, 0.29) is 5.56 Å². The van der Waals surface area contributed by atoms with E-state index in [1.807, 2.05) is 6.92 Å². The first-order chi connectivity index (χ1) is 9.51. The zero-order valence-corrected chi connectivity index (χ0v) is 11.6. The van der Waals surface area contributed by atoms with Crippen LogP contribution in [0.25, 0.3) is 11.4 Å². The largest absolute Gasteiger partial charge is 0.480 e. The van der Waals surface area contributed by atoms with Crippen molar-refractivity contribution >= 4 is 17.6 Å². The quantitative estimate of drug-likeness (QED) is 0.938. The molecule has 0 aliphatic heterocycles. The number of benzene rings is 1. The van der Waals surface area contributed by atoms with Gasteiger partial charge in [0.25, 0.3) is 5.56 Å². The van der Waals surface area contributed by atoms with Gasteiger partial charge >= 0.3 is 5.97 Å². The molecular formula is C14H13ClN2O3. The second-order valence-electron chi connectivity index (χ2n) is 4.25. The summed E-state index contributed by atoms with van der Waals surface area (Å²) in [4.78, 5) is 27.3. The summed E-state index contributed by atoms with van der Waals surface area (Å²) < 4.78 is 1.13. The van der Waals surface area contributed by atoms with Crippen molar-refractivity contribution in [2.45, 2.75) is 19.9 Å². The zero-order chi connectivity index (χ0) is 14.7. The highest BCUT2D eigenvalue weighted by molar-refractivity contribution is 6.30. The summed E-state index contributed by atoms with van der Waals surface area (Å²) in [5.74, 6) is -0.777. The van der Waals surface area contributed by atoms with E-state index in [9.17, 15) is 9.59 Å². The Balaban J connectivity index is 2.68. The molecular weight excluding hydrogens is 280 g/mol. The van der Waals surface area contributed by atoms with Crippen LogP contribution in [-0.2, 0) is 17.8 Å². The van der Waals surface area contributed by atoms with Crippen LogP contribution in [0.1, 0.15) is 12.6 Å². The summed E-state index contributed by atoms with van der Waals surface area (Å²) in [5, 5.41) is 9.43. The van der Waals surface area contributed by atoms with Gasteiger partial charge in [-0.3, -0.25) is 14.2 Å². The van der Waals surface area contributed by atoms with E-state index < -0.39 is 12.5 Å². The Morgan fingerprint density at radius 2 is 2.15 bits per heavy atom. The Morgan fingerprint density at radius 1 is 1.40 bits per heavy atom. The molecule has 6 heteroatoms. The molecule has 2 rings (SSSR count). The maximum absolute atomic E-state index is 12.0. The van der Waals surface area contributed by atoms with Gasteiger partial charge in [0.15, 0.2) is 0 Å². The highest BCUT2D eigenvalue weighted by Crippen LogP contribution is 2.20. The van der Waals surface area contributed by atoms with Crippen LogP contribution in [0.4, 0.5) is 0 Å². The molecule has 0 amide bonds. The van der Waals surface area contributed by atoms with E-state index in [0.29, 0.717) is 28.5 Å². The lowest BCUT2D eigenvalue weighted by molar-refractivity contribution is -0.137. The van der Waals surface area contributed by atoms with Crippen molar-refractivity contribution in [1.29, 1.82) is 0 Å². The number of aryl methyl sites for hydroxylation is 1. The van der Waals surface area contributed by atoms with Gasteiger partial charge in [0.1, 0.15) is 12.4 Å². The van der Waals surface area contributed by atoms with Crippen LogP contribution in [0.15, 0.2) is 35.1 Å².